The van der Waals surface area contributed by atoms with Crippen molar-refractivity contribution in [1.82, 2.24) is 53.2 Å². The number of carbonyl (C=O) groups is 6. The normalized spacial score (nSPS) is 13.0. The van der Waals surface area contributed by atoms with E-state index in [-0.39, 0.29) is 56.6 Å². The molecule has 18 nitrogen and oxygen atoms in total. The van der Waals surface area contributed by atoms with Gasteiger partial charge in [-0.15, -0.1) is 0 Å². The smallest absolute Gasteiger partial charge is 0.294 e. The molecule has 0 fully saturated rings. The van der Waals surface area contributed by atoms with Gasteiger partial charge in [-0.1, -0.05) is 11.6 Å². The molecule has 2 aliphatic heterocycles. The summed E-state index contributed by atoms with van der Waals surface area (Å²) in [5, 5.41) is 1.12. The molecule has 380 valence electrons. The molecule has 21 heteroatoms. The van der Waals surface area contributed by atoms with Crippen LogP contribution in [0.5, 0.6) is 5.88 Å². The number of pyridine rings is 1. The van der Waals surface area contributed by atoms with Crippen LogP contribution in [-0.4, -0.2) is 137 Å². The van der Waals surface area contributed by atoms with Gasteiger partial charge in [0.25, 0.3) is 35.2 Å². The minimum atomic E-state index is -0.702. The summed E-state index contributed by atoms with van der Waals surface area (Å²) in [7, 11) is 9.19. The molecular formula is C53H50ClF2N11O7. The lowest BCUT2D eigenvalue weighted by molar-refractivity contribution is -0.124. The van der Waals surface area contributed by atoms with Gasteiger partial charge in [0.2, 0.25) is 5.88 Å². The number of ketones is 2. The van der Waals surface area contributed by atoms with E-state index in [9.17, 15) is 37.5 Å². The van der Waals surface area contributed by atoms with E-state index < -0.39 is 23.4 Å². The molecule has 0 radical (unpaired) electrons. The van der Waals surface area contributed by atoms with E-state index in [0.29, 0.717) is 61.2 Å². The minimum absolute atomic E-state index is 0.110. The zero-order valence-corrected chi connectivity index (χ0v) is 42.5. The summed E-state index contributed by atoms with van der Waals surface area (Å²) in [5.41, 5.74) is 6.70. The highest BCUT2D eigenvalue weighted by Crippen LogP contribution is 2.33. The average Bonchev–Trinajstić information content (AvgIpc) is 4.18. The number of rotatable bonds is 9. The van der Waals surface area contributed by atoms with Crippen LogP contribution in [0, 0.1) is 25.5 Å². The molecule has 0 spiro atoms. The first-order valence-electron chi connectivity index (χ1n) is 23.3. The number of aromatic nitrogens is 7. The van der Waals surface area contributed by atoms with E-state index in [0.717, 1.165) is 45.3 Å². The van der Waals surface area contributed by atoms with Gasteiger partial charge >= 0.3 is 0 Å². The van der Waals surface area contributed by atoms with Crippen LogP contribution in [0.2, 0.25) is 5.02 Å². The quantitative estimate of drug-likeness (QED) is 0.118. The van der Waals surface area contributed by atoms with Gasteiger partial charge in [0, 0.05) is 95.7 Å². The predicted molar refractivity (Wildman–Crippen MR) is 271 cm³/mol. The number of amides is 4. The van der Waals surface area contributed by atoms with E-state index in [1.165, 1.54) is 81.6 Å². The Morgan fingerprint density at radius 3 is 1.66 bits per heavy atom. The molecule has 2 aliphatic rings. The lowest BCUT2D eigenvalue weighted by atomic mass is 10.0. The predicted octanol–water partition coefficient (Wildman–Crippen LogP) is 6.88. The first-order valence-corrected chi connectivity index (χ1v) is 23.7. The number of fused-ring (bicyclic) bond motifs is 4. The van der Waals surface area contributed by atoms with E-state index in [1.54, 1.807) is 64.3 Å². The number of nitrogens with one attached hydrogen (secondary N) is 1. The van der Waals surface area contributed by atoms with E-state index in [1.807, 2.05) is 23.0 Å². The summed E-state index contributed by atoms with van der Waals surface area (Å²) in [6, 6.07) is 14.0. The Morgan fingerprint density at radius 2 is 1.16 bits per heavy atom. The minimum Gasteiger partial charge on any atom is -0.480 e. The fourth-order valence-corrected chi connectivity index (χ4v) is 9.59. The van der Waals surface area contributed by atoms with Gasteiger partial charge in [-0.05, 0) is 79.6 Å². The van der Waals surface area contributed by atoms with Crippen molar-refractivity contribution in [2.45, 2.75) is 40.0 Å². The molecule has 0 saturated carbocycles. The van der Waals surface area contributed by atoms with Crippen molar-refractivity contribution in [3.63, 3.8) is 0 Å². The standard InChI is InChI=1S/C27H25ClFN5O3.C26H25FN6O4/c1-15-9-16(29)5-6-18(15)25-30-12-17-13-33(7-8-34(17)25)26(36)20-10-19-21(24(35)27(37)31(2)3)14-32(4)23(19)11-22(20)28;1-14-9-15(27)5-6-17(14)23-29-11-16-13-32(7-8-33(16)23)25(35)19-10-18-20(21(34)26(36)31(2)3)12-28-22(18)30-24(19)37-4/h5-6,9-12,14H,7-8,13H2,1-4H3;5-6,9-12H,7-8,13H2,1-4H3,(H,28,30). The maximum Gasteiger partial charge on any atom is 0.294 e. The molecule has 0 atom stereocenters. The lowest BCUT2D eigenvalue weighted by Crippen LogP contribution is -2.38. The highest BCUT2D eigenvalue weighted by Gasteiger charge is 2.32. The van der Waals surface area contributed by atoms with Crippen LogP contribution in [0.15, 0.2) is 79.4 Å². The van der Waals surface area contributed by atoms with Gasteiger partial charge in [-0.25, -0.2) is 18.7 Å². The highest BCUT2D eigenvalue weighted by molar-refractivity contribution is 6.45. The molecule has 3 aromatic carbocycles. The molecule has 0 aliphatic carbocycles. The second kappa shape index (κ2) is 19.8. The molecule has 4 amide bonds. The highest BCUT2D eigenvalue weighted by atomic mass is 35.5. The van der Waals surface area contributed by atoms with Crippen LogP contribution in [0.4, 0.5) is 8.78 Å². The monoisotopic (exact) mass is 1030 g/mol. The van der Waals surface area contributed by atoms with Crippen molar-refractivity contribution in [2.75, 3.05) is 48.4 Å². The van der Waals surface area contributed by atoms with Gasteiger partial charge < -0.3 is 43.0 Å². The summed E-state index contributed by atoms with van der Waals surface area (Å²) in [4.78, 5) is 99.4. The van der Waals surface area contributed by atoms with Crippen LogP contribution in [0.25, 0.3) is 44.7 Å². The second-order valence-corrected chi connectivity index (χ2v) is 18.9. The maximum atomic E-state index is 13.6. The fraction of sp³-hybridized carbons (Fsp3) is 0.264. The molecule has 10 rings (SSSR count). The SMILES string of the molecule is COc1nc2[nH]cc(C(=O)C(=O)N(C)C)c2cc1C(=O)N1CCn2c(cnc2-c2ccc(F)cc2C)C1.Cc1cc(F)ccc1-c1ncc2n1CCN(C(=O)c1cc3c(C(=O)C(=O)N(C)C)cn(C)c3cc1Cl)C2. The second-order valence-electron chi connectivity index (χ2n) is 18.5. The number of ether oxygens (including phenoxy) is 1. The van der Waals surface area contributed by atoms with Crippen LogP contribution < -0.4 is 4.74 Å². The molecule has 7 heterocycles. The summed E-state index contributed by atoms with van der Waals surface area (Å²) in [6.07, 6.45) is 6.43. The number of likely N-dealkylation sites (N-methyl/N-ethyl adjacent to an activating group) is 2. The Hall–Kier alpha value is -8.52. The average molecular weight is 1030 g/mol. The molecular weight excluding hydrogens is 976 g/mol. The zero-order valence-electron chi connectivity index (χ0n) is 41.7. The van der Waals surface area contributed by atoms with Gasteiger partial charge in [-0.3, -0.25) is 28.8 Å². The van der Waals surface area contributed by atoms with Crippen molar-refractivity contribution >= 4 is 68.7 Å². The Morgan fingerprint density at radius 1 is 0.662 bits per heavy atom. The number of Topliss-reactive ketones (excluding diaryl/α,β-unsaturated/α-hetero) is 2. The number of halogens is 3. The number of H-pyrrole nitrogens is 1. The van der Waals surface area contributed by atoms with Gasteiger partial charge in [0.1, 0.15) is 34.5 Å². The van der Waals surface area contributed by atoms with Crippen molar-refractivity contribution in [1.29, 1.82) is 0 Å². The summed E-state index contributed by atoms with van der Waals surface area (Å²) >= 11 is 6.54. The molecule has 0 unspecified atom stereocenters. The van der Waals surface area contributed by atoms with Crippen molar-refractivity contribution in [3.8, 4) is 28.7 Å². The number of hydrogen-bond donors (Lipinski definition) is 1. The van der Waals surface area contributed by atoms with Crippen LogP contribution >= 0.6 is 11.6 Å². The van der Waals surface area contributed by atoms with Crippen LogP contribution in [0.3, 0.4) is 0 Å². The summed E-state index contributed by atoms with van der Waals surface area (Å²) < 4.78 is 38.3. The summed E-state index contributed by atoms with van der Waals surface area (Å²) in [5.74, 6) is -2.32. The molecule has 74 heavy (non-hydrogen) atoms. The van der Waals surface area contributed by atoms with E-state index >= 15 is 0 Å². The van der Waals surface area contributed by atoms with Crippen molar-refractivity contribution in [3.05, 3.63) is 141 Å². The largest absolute Gasteiger partial charge is 0.480 e. The number of hydrogen-bond acceptors (Lipinski definition) is 10. The van der Waals surface area contributed by atoms with Gasteiger partial charge in [0.05, 0.1) is 71.2 Å². The topological polar surface area (TPSA) is 194 Å². The van der Waals surface area contributed by atoms with E-state index in [4.69, 9.17) is 16.3 Å². The Balaban J connectivity index is 0.000000182. The van der Waals surface area contributed by atoms with Gasteiger partial charge in [-0.2, -0.15) is 4.98 Å². The molecule has 1 N–H and O–H groups in total. The number of aromatic amines is 1. The molecule has 8 aromatic rings. The fourth-order valence-electron chi connectivity index (χ4n) is 9.35. The first kappa shape index (κ1) is 50.4. The molecule has 5 aromatic heterocycles. The van der Waals surface area contributed by atoms with Crippen molar-refractivity contribution < 1.29 is 42.3 Å². The summed E-state index contributed by atoms with van der Waals surface area (Å²) in [6.45, 7) is 6.12. The Kier molecular flexibility index (Phi) is 13.5. The Bertz CT molecular complexity index is 3650. The number of nitrogens with zero attached hydrogens (tertiary/aromatic N) is 10. The van der Waals surface area contributed by atoms with E-state index in [2.05, 4.69) is 19.9 Å². The molecule has 0 saturated heterocycles. The molecule has 0 bridgehead atoms. The van der Waals surface area contributed by atoms with Crippen molar-refractivity contribution in [2.24, 2.45) is 7.05 Å². The maximum absolute atomic E-state index is 13.6. The third-order valence-corrected chi connectivity index (χ3v) is 13.6. The number of aryl methyl sites for hydroxylation is 3. The number of methoxy groups -OCH3 is 1. The first-order chi connectivity index (χ1) is 35.3. The third-order valence-electron chi connectivity index (χ3n) is 13.3. The zero-order chi connectivity index (χ0) is 53.0. The number of benzene rings is 3. The lowest BCUT2D eigenvalue weighted by Gasteiger charge is -2.29. The third kappa shape index (κ3) is 9.16. The number of carbonyl (C=O) groups excluding carboxylic acids is 6. The van der Waals surface area contributed by atoms with Crippen LogP contribution in [0.1, 0.15) is 63.9 Å². The Labute approximate surface area is 427 Å². The number of imidazole rings is 2. The van der Waals surface area contributed by atoms with Gasteiger partial charge in [0.15, 0.2) is 0 Å². The van der Waals surface area contributed by atoms with Crippen LogP contribution in [-0.2, 0) is 42.8 Å².